The molecule has 0 spiro atoms. The Kier molecular flexibility index (Phi) is 9.15. The lowest BCUT2D eigenvalue weighted by Crippen LogP contribution is -2.41. The molecule has 11 heteroatoms. The molecule has 2 saturated heterocycles. The molecule has 0 bridgehead atoms. The number of anilines is 2. The minimum Gasteiger partial charge on any atom is -0.445 e. The summed E-state index contributed by atoms with van der Waals surface area (Å²) in [6.45, 7) is 2.09. The number of nitrogens with one attached hydrogen (secondary N) is 1. The highest BCUT2D eigenvalue weighted by Gasteiger charge is 2.32. The molecule has 2 fully saturated rings. The van der Waals surface area contributed by atoms with Gasteiger partial charge in [-0.25, -0.2) is 9.59 Å². The molecule has 2 aliphatic heterocycles. The van der Waals surface area contributed by atoms with E-state index in [9.17, 15) is 19.2 Å². The first kappa shape index (κ1) is 26.9. The second kappa shape index (κ2) is 12.9. The van der Waals surface area contributed by atoms with E-state index in [4.69, 9.17) is 14.2 Å². The lowest BCUT2D eigenvalue weighted by atomic mass is 10.2. The molecule has 0 aliphatic carbocycles. The molecule has 202 valence electrons. The van der Waals surface area contributed by atoms with Crippen LogP contribution in [-0.2, 0) is 30.4 Å². The second-order valence-corrected chi connectivity index (χ2v) is 9.10. The van der Waals surface area contributed by atoms with E-state index in [1.807, 2.05) is 30.3 Å². The van der Waals surface area contributed by atoms with E-state index in [0.29, 0.717) is 38.3 Å². The number of hydrogen-bond donors (Lipinski definition) is 1. The Hall–Kier alpha value is -4.12. The van der Waals surface area contributed by atoms with E-state index in [1.165, 1.54) is 9.80 Å². The molecule has 0 unspecified atom stereocenters. The van der Waals surface area contributed by atoms with Crippen molar-refractivity contribution in [2.45, 2.75) is 25.6 Å². The van der Waals surface area contributed by atoms with Gasteiger partial charge < -0.3 is 29.3 Å². The van der Waals surface area contributed by atoms with Gasteiger partial charge in [-0.05, 0) is 36.2 Å². The summed E-state index contributed by atoms with van der Waals surface area (Å²) in [7, 11) is 1.63. The van der Waals surface area contributed by atoms with Crippen molar-refractivity contribution in [2.24, 2.45) is 0 Å². The number of ether oxygens (including phenoxy) is 3. The monoisotopic (exact) mass is 524 g/mol. The fourth-order valence-corrected chi connectivity index (χ4v) is 4.16. The fourth-order valence-electron chi connectivity index (χ4n) is 4.16. The molecule has 1 atom stereocenters. The van der Waals surface area contributed by atoms with Crippen molar-refractivity contribution < 1.29 is 33.4 Å². The fraction of sp³-hybridized carbons (Fsp3) is 0.407. The molecule has 1 N–H and O–H groups in total. The van der Waals surface area contributed by atoms with Gasteiger partial charge in [-0.2, -0.15) is 0 Å². The Labute approximate surface area is 221 Å². The smallest absolute Gasteiger partial charge is 0.414 e. The molecule has 2 aromatic carbocycles. The average molecular weight is 525 g/mol. The molecule has 38 heavy (non-hydrogen) atoms. The number of rotatable bonds is 10. The van der Waals surface area contributed by atoms with Crippen LogP contribution in [0.5, 0.6) is 0 Å². The number of hydrogen-bond acceptors (Lipinski definition) is 7. The van der Waals surface area contributed by atoms with Gasteiger partial charge in [0.1, 0.15) is 19.3 Å². The summed E-state index contributed by atoms with van der Waals surface area (Å²) >= 11 is 0. The van der Waals surface area contributed by atoms with Crippen LogP contribution in [-0.4, -0.2) is 81.4 Å². The molecular formula is C27H32N4O7. The van der Waals surface area contributed by atoms with Crippen LogP contribution < -0.4 is 15.1 Å². The van der Waals surface area contributed by atoms with Gasteiger partial charge in [-0.3, -0.25) is 14.5 Å². The Morgan fingerprint density at radius 3 is 2.47 bits per heavy atom. The van der Waals surface area contributed by atoms with E-state index >= 15 is 0 Å². The van der Waals surface area contributed by atoms with E-state index in [2.05, 4.69) is 5.32 Å². The van der Waals surface area contributed by atoms with Crippen LogP contribution in [0.15, 0.2) is 54.6 Å². The number of morpholine rings is 1. The number of cyclic esters (lactones) is 1. The maximum atomic E-state index is 12.4. The van der Waals surface area contributed by atoms with Crippen LogP contribution >= 0.6 is 0 Å². The average Bonchev–Trinajstić information content (AvgIpc) is 3.31. The zero-order chi connectivity index (χ0) is 26.9. The number of carbonyl (C=O) groups excluding carboxylic acids is 4. The topological polar surface area (TPSA) is 118 Å². The molecule has 2 aromatic rings. The van der Waals surface area contributed by atoms with Gasteiger partial charge in [0.05, 0.1) is 19.7 Å². The standard InChI is InChI=1S/C27H32N4O7/c1-29(26(34)37-18-20-6-3-2-4-7-20)13-5-8-24(32)28-16-23-17-31(27(35)38-23)22-11-9-21(10-12-22)30-14-15-36-19-25(30)33/h2-4,6-7,9-12,23H,5,8,13-19H2,1H3,(H,28,32)/t23-/m0/s1. The van der Waals surface area contributed by atoms with Gasteiger partial charge in [0.15, 0.2) is 0 Å². The minimum atomic E-state index is -0.491. The molecule has 0 aromatic heterocycles. The first-order valence-electron chi connectivity index (χ1n) is 12.6. The third-order valence-corrected chi connectivity index (χ3v) is 6.27. The van der Waals surface area contributed by atoms with Gasteiger partial charge in [0.2, 0.25) is 5.91 Å². The van der Waals surface area contributed by atoms with Crippen LogP contribution in [0.4, 0.5) is 21.0 Å². The van der Waals surface area contributed by atoms with E-state index in [0.717, 1.165) is 11.3 Å². The Bertz CT molecular complexity index is 1130. The number of carbonyl (C=O) groups is 4. The molecule has 4 amide bonds. The molecule has 0 saturated carbocycles. The van der Waals surface area contributed by atoms with Crippen molar-refractivity contribution in [3.8, 4) is 0 Å². The van der Waals surface area contributed by atoms with Crippen molar-refractivity contribution in [2.75, 3.05) is 56.2 Å². The number of amides is 4. The van der Waals surface area contributed by atoms with E-state index in [-0.39, 0.29) is 38.0 Å². The maximum absolute atomic E-state index is 12.4. The summed E-state index contributed by atoms with van der Waals surface area (Å²) in [5.74, 6) is -0.292. The van der Waals surface area contributed by atoms with Gasteiger partial charge in [-0.1, -0.05) is 30.3 Å². The molecular weight excluding hydrogens is 492 g/mol. The Morgan fingerprint density at radius 1 is 1.05 bits per heavy atom. The summed E-state index contributed by atoms with van der Waals surface area (Å²) in [6.07, 6.45) is -0.728. The van der Waals surface area contributed by atoms with Crippen LogP contribution in [0, 0.1) is 0 Å². The van der Waals surface area contributed by atoms with Crippen molar-refractivity contribution in [1.29, 1.82) is 0 Å². The minimum absolute atomic E-state index is 0.0611. The third-order valence-electron chi connectivity index (χ3n) is 6.27. The summed E-state index contributed by atoms with van der Waals surface area (Å²) in [5.41, 5.74) is 2.30. The Morgan fingerprint density at radius 2 is 1.76 bits per heavy atom. The van der Waals surface area contributed by atoms with Crippen molar-refractivity contribution in [1.82, 2.24) is 10.2 Å². The molecule has 2 aliphatic rings. The quantitative estimate of drug-likeness (QED) is 0.508. The summed E-state index contributed by atoms with van der Waals surface area (Å²) in [4.78, 5) is 53.4. The highest BCUT2D eigenvalue weighted by atomic mass is 16.6. The zero-order valence-electron chi connectivity index (χ0n) is 21.3. The number of nitrogens with zero attached hydrogens (tertiary/aromatic N) is 3. The number of benzene rings is 2. The second-order valence-electron chi connectivity index (χ2n) is 9.10. The van der Waals surface area contributed by atoms with Crippen molar-refractivity contribution in [3.63, 3.8) is 0 Å². The van der Waals surface area contributed by atoms with E-state index < -0.39 is 18.3 Å². The summed E-state index contributed by atoms with van der Waals surface area (Å²) < 4.78 is 15.8. The molecule has 4 rings (SSSR count). The predicted octanol–water partition coefficient (Wildman–Crippen LogP) is 2.54. The highest BCUT2D eigenvalue weighted by Crippen LogP contribution is 2.25. The summed E-state index contributed by atoms with van der Waals surface area (Å²) in [5, 5.41) is 2.79. The lowest BCUT2D eigenvalue weighted by Gasteiger charge is -2.27. The van der Waals surface area contributed by atoms with Gasteiger partial charge >= 0.3 is 12.2 Å². The SMILES string of the molecule is CN(CCCC(=O)NC[C@H]1CN(c2ccc(N3CCOCC3=O)cc2)C(=O)O1)C(=O)OCc1ccccc1. The van der Waals surface area contributed by atoms with Crippen LogP contribution in [0.3, 0.4) is 0 Å². The largest absolute Gasteiger partial charge is 0.445 e. The zero-order valence-corrected chi connectivity index (χ0v) is 21.3. The first-order chi connectivity index (χ1) is 18.4. The van der Waals surface area contributed by atoms with Crippen LogP contribution in [0.25, 0.3) is 0 Å². The normalized spacial score (nSPS) is 17.2. The van der Waals surface area contributed by atoms with Crippen molar-refractivity contribution >= 4 is 35.4 Å². The summed E-state index contributed by atoms with van der Waals surface area (Å²) in [6, 6.07) is 16.5. The van der Waals surface area contributed by atoms with Gasteiger partial charge in [0.25, 0.3) is 5.91 Å². The first-order valence-corrected chi connectivity index (χ1v) is 12.6. The molecule has 11 nitrogen and oxygen atoms in total. The lowest BCUT2D eigenvalue weighted by molar-refractivity contribution is -0.125. The Balaban J connectivity index is 1.14. The third kappa shape index (κ3) is 7.22. The van der Waals surface area contributed by atoms with Gasteiger partial charge in [-0.15, -0.1) is 0 Å². The van der Waals surface area contributed by atoms with E-state index in [1.54, 1.807) is 36.2 Å². The maximum Gasteiger partial charge on any atom is 0.414 e. The molecule has 2 heterocycles. The predicted molar refractivity (Wildman–Crippen MR) is 139 cm³/mol. The van der Waals surface area contributed by atoms with Crippen molar-refractivity contribution in [3.05, 3.63) is 60.2 Å². The highest BCUT2D eigenvalue weighted by molar-refractivity contribution is 5.95. The van der Waals surface area contributed by atoms with Gasteiger partial charge in [0, 0.05) is 37.9 Å². The van der Waals surface area contributed by atoms with Crippen LogP contribution in [0.2, 0.25) is 0 Å². The molecule has 0 radical (unpaired) electrons. The van der Waals surface area contributed by atoms with Crippen LogP contribution in [0.1, 0.15) is 18.4 Å².